The van der Waals surface area contributed by atoms with Crippen LogP contribution in [-0.2, 0) is 0 Å². The fourth-order valence-electron chi connectivity index (χ4n) is 2.21. The molecule has 3 aromatic rings. The largest absolute Gasteiger partial charge is 0.496 e. The number of hydrogen-bond acceptors (Lipinski definition) is 3. The molecule has 0 saturated carbocycles. The molecule has 0 N–H and O–H groups in total. The zero-order valence-corrected chi connectivity index (χ0v) is 13.5. The summed E-state index contributed by atoms with van der Waals surface area (Å²) in [5.41, 5.74) is 1.39. The second-order valence-electron chi connectivity index (χ2n) is 4.68. The van der Waals surface area contributed by atoms with E-state index in [1.54, 1.807) is 25.3 Å². The maximum absolute atomic E-state index is 12.3. The van der Waals surface area contributed by atoms with E-state index in [0.29, 0.717) is 21.2 Å². The maximum Gasteiger partial charge on any atom is 0.207 e. The Labute approximate surface area is 136 Å². The minimum Gasteiger partial charge on any atom is -0.496 e. The maximum atomic E-state index is 12.3. The van der Waals surface area contributed by atoms with Crippen LogP contribution in [0.1, 0.15) is 11.3 Å². The first-order chi connectivity index (χ1) is 10.7. The first kappa shape index (κ1) is 14.6. The van der Waals surface area contributed by atoms with Gasteiger partial charge in [0.2, 0.25) is 5.43 Å². The van der Waals surface area contributed by atoms with Crippen LogP contribution in [0.5, 0.6) is 5.75 Å². The topological polar surface area (TPSA) is 39.4 Å². The van der Waals surface area contributed by atoms with E-state index in [9.17, 15) is 4.79 Å². The molecular formula is C18H13BrO3. The Morgan fingerprint density at radius 3 is 2.59 bits per heavy atom. The Kier molecular flexibility index (Phi) is 4.11. The molecule has 0 amide bonds. The molecule has 0 spiro atoms. The molecule has 0 bridgehead atoms. The minimum atomic E-state index is -0.0819. The van der Waals surface area contributed by atoms with Crippen molar-refractivity contribution in [3.05, 3.63) is 74.6 Å². The Morgan fingerprint density at radius 1 is 1.05 bits per heavy atom. The van der Waals surface area contributed by atoms with Crippen molar-refractivity contribution in [2.45, 2.75) is 0 Å². The monoisotopic (exact) mass is 356 g/mol. The average molecular weight is 357 g/mol. The van der Waals surface area contributed by atoms with Crippen LogP contribution >= 0.6 is 15.9 Å². The quantitative estimate of drug-likeness (QED) is 0.680. The predicted octanol–water partition coefficient (Wildman–Crippen LogP) is 4.73. The lowest BCUT2D eigenvalue weighted by Crippen LogP contribution is -2.03. The van der Waals surface area contributed by atoms with Crippen LogP contribution < -0.4 is 10.2 Å². The lowest BCUT2D eigenvalue weighted by Gasteiger charge is -2.04. The smallest absolute Gasteiger partial charge is 0.207 e. The summed E-state index contributed by atoms with van der Waals surface area (Å²) < 4.78 is 11.5. The Morgan fingerprint density at radius 2 is 1.77 bits per heavy atom. The van der Waals surface area contributed by atoms with Gasteiger partial charge in [-0.05, 0) is 46.3 Å². The van der Waals surface area contributed by atoms with Crippen LogP contribution in [0.4, 0.5) is 0 Å². The Hall–Kier alpha value is -2.33. The van der Waals surface area contributed by atoms with Crippen LogP contribution in [0.3, 0.4) is 0 Å². The molecule has 1 heterocycles. The van der Waals surface area contributed by atoms with Crippen LogP contribution in [0.25, 0.3) is 23.1 Å². The second kappa shape index (κ2) is 6.20. The first-order valence-corrected chi connectivity index (χ1v) is 7.52. The molecule has 0 aliphatic rings. The second-order valence-corrected chi connectivity index (χ2v) is 5.47. The molecule has 0 aliphatic carbocycles. The van der Waals surface area contributed by atoms with Gasteiger partial charge in [-0.2, -0.15) is 0 Å². The standard InChI is InChI=1S/C18H13BrO3/c1-21-14-8-4-2-6-12(14)10-11-16-17(19)18(20)13-7-3-5-9-15(13)22-16/h2-11H,1H3/b11-10+. The minimum absolute atomic E-state index is 0.0819. The summed E-state index contributed by atoms with van der Waals surface area (Å²) in [4.78, 5) is 12.3. The van der Waals surface area contributed by atoms with Crippen LogP contribution in [-0.4, -0.2) is 7.11 Å². The van der Waals surface area contributed by atoms with Crippen molar-refractivity contribution in [1.29, 1.82) is 0 Å². The summed E-state index contributed by atoms with van der Waals surface area (Å²) in [5, 5.41) is 0.559. The van der Waals surface area contributed by atoms with E-state index in [-0.39, 0.29) is 5.43 Å². The zero-order valence-electron chi connectivity index (χ0n) is 11.9. The zero-order chi connectivity index (χ0) is 15.5. The third kappa shape index (κ3) is 2.70. The number of halogens is 1. The summed E-state index contributed by atoms with van der Waals surface area (Å²) in [6, 6.07) is 14.8. The number of rotatable bonds is 3. The average Bonchev–Trinajstić information content (AvgIpc) is 2.57. The van der Waals surface area contributed by atoms with Gasteiger partial charge in [-0.25, -0.2) is 0 Å². The number of hydrogen-bond donors (Lipinski definition) is 0. The Balaban J connectivity index is 2.09. The molecule has 110 valence electrons. The molecular weight excluding hydrogens is 344 g/mol. The summed E-state index contributed by atoms with van der Waals surface area (Å²) in [7, 11) is 1.62. The first-order valence-electron chi connectivity index (χ1n) is 6.73. The third-order valence-electron chi connectivity index (χ3n) is 3.32. The van der Waals surface area contributed by atoms with Crippen molar-refractivity contribution < 1.29 is 9.15 Å². The van der Waals surface area contributed by atoms with Crippen LogP contribution in [0.15, 0.2) is 62.2 Å². The van der Waals surface area contributed by atoms with Crippen molar-refractivity contribution >= 4 is 39.1 Å². The molecule has 0 unspecified atom stereocenters. The number of fused-ring (bicyclic) bond motifs is 1. The molecule has 0 fully saturated rings. The number of ether oxygens (including phenoxy) is 1. The van der Waals surface area contributed by atoms with Crippen LogP contribution in [0, 0.1) is 0 Å². The highest BCUT2D eigenvalue weighted by Gasteiger charge is 2.09. The van der Waals surface area contributed by atoms with Gasteiger partial charge in [-0.15, -0.1) is 0 Å². The number of methoxy groups -OCH3 is 1. The van der Waals surface area contributed by atoms with E-state index in [1.165, 1.54) is 0 Å². The summed E-state index contributed by atoms with van der Waals surface area (Å²) in [6.07, 6.45) is 3.62. The normalized spacial score (nSPS) is 11.2. The Bertz CT molecular complexity index is 910. The molecule has 0 saturated heterocycles. The number of benzene rings is 2. The summed E-state index contributed by atoms with van der Waals surface area (Å²) in [5.74, 6) is 1.24. The van der Waals surface area contributed by atoms with Crippen molar-refractivity contribution in [1.82, 2.24) is 0 Å². The van der Waals surface area contributed by atoms with Gasteiger partial charge < -0.3 is 9.15 Å². The molecule has 1 aromatic heterocycles. The van der Waals surface area contributed by atoms with Crippen molar-refractivity contribution in [2.75, 3.05) is 7.11 Å². The molecule has 0 aliphatic heterocycles. The van der Waals surface area contributed by atoms with Gasteiger partial charge in [0.15, 0.2) is 0 Å². The molecule has 0 radical (unpaired) electrons. The van der Waals surface area contributed by atoms with E-state index >= 15 is 0 Å². The summed E-state index contributed by atoms with van der Waals surface area (Å²) >= 11 is 3.32. The highest BCUT2D eigenvalue weighted by atomic mass is 79.9. The number of para-hydroxylation sites is 2. The molecule has 22 heavy (non-hydrogen) atoms. The van der Waals surface area contributed by atoms with Gasteiger partial charge in [-0.1, -0.05) is 30.3 Å². The molecule has 2 aromatic carbocycles. The fourth-order valence-corrected chi connectivity index (χ4v) is 2.64. The van der Waals surface area contributed by atoms with Gasteiger partial charge in [0.1, 0.15) is 21.6 Å². The van der Waals surface area contributed by atoms with Crippen molar-refractivity contribution in [3.63, 3.8) is 0 Å². The van der Waals surface area contributed by atoms with E-state index in [4.69, 9.17) is 9.15 Å². The van der Waals surface area contributed by atoms with Gasteiger partial charge in [0.05, 0.1) is 12.5 Å². The van der Waals surface area contributed by atoms with Gasteiger partial charge in [-0.3, -0.25) is 4.79 Å². The highest BCUT2D eigenvalue weighted by molar-refractivity contribution is 9.10. The van der Waals surface area contributed by atoms with E-state index < -0.39 is 0 Å². The highest BCUT2D eigenvalue weighted by Crippen LogP contribution is 2.24. The SMILES string of the molecule is COc1ccccc1/C=C/c1oc2ccccc2c(=O)c1Br. The van der Waals surface area contributed by atoms with E-state index in [2.05, 4.69) is 15.9 Å². The third-order valence-corrected chi connectivity index (χ3v) is 4.07. The van der Waals surface area contributed by atoms with Crippen molar-refractivity contribution in [2.24, 2.45) is 0 Å². The lowest BCUT2D eigenvalue weighted by molar-refractivity contribution is 0.414. The molecule has 0 atom stereocenters. The van der Waals surface area contributed by atoms with Gasteiger partial charge >= 0.3 is 0 Å². The molecule has 3 rings (SSSR count). The van der Waals surface area contributed by atoms with E-state index in [1.807, 2.05) is 42.5 Å². The van der Waals surface area contributed by atoms with Crippen LogP contribution in [0.2, 0.25) is 0 Å². The fraction of sp³-hybridized carbons (Fsp3) is 0.0556. The summed E-state index contributed by atoms with van der Waals surface area (Å²) in [6.45, 7) is 0. The van der Waals surface area contributed by atoms with E-state index in [0.717, 1.165) is 11.3 Å². The molecule has 3 nitrogen and oxygen atoms in total. The van der Waals surface area contributed by atoms with Gasteiger partial charge in [0.25, 0.3) is 0 Å². The molecule has 4 heteroatoms. The van der Waals surface area contributed by atoms with Crippen molar-refractivity contribution in [3.8, 4) is 5.75 Å². The lowest BCUT2D eigenvalue weighted by atomic mass is 10.1. The van der Waals surface area contributed by atoms with Gasteiger partial charge in [0, 0.05) is 5.56 Å². The predicted molar refractivity (Wildman–Crippen MR) is 92.1 cm³/mol.